The van der Waals surface area contributed by atoms with Crippen molar-refractivity contribution < 1.29 is 63.9 Å². The SMILES string of the molecule is CC1O[C@@H](OC2[C@H](C)CCC[C@H]2O[C@@H]2OC(CO)[C@H](O)C3O[C@@H](C(=O)O)CCCC4(CC4)OC32)[C@@H](O)C(O)[C@@H]1O. The predicted molar refractivity (Wildman–Crippen MR) is 134 cm³/mol. The van der Waals surface area contributed by atoms with Gasteiger partial charge in [-0.05, 0) is 57.8 Å². The number of carboxylic acid groups (broad SMARTS) is 1. The topological polar surface area (TPSA) is 194 Å². The highest BCUT2D eigenvalue weighted by Crippen LogP contribution is 2.48. The zero-order chi connectivity index (χ0) is 28.8. The third-order valence-corrected chi connectivity index (χ3v) is 9.17. The van der Waals surface area contributed by atoms with Crippen LogP contribution in [-0.2, 0) is 33.2 Å². The van der Waals surface area contributed by atoms with E-state index in [0.717, 1.165) is 25.7 Å². The Morgan fingerprint density at radius 1 is 0.825 bits per heavy atom. The summed E-state index contributed by atoms with van der Waals surface area (Å²) < 4.78 is 36.9. The molecular weight excluding hydrogens is 532 g/mol. The minimum atomic E-state index is -1.47. The molecule has 0 aromatic carbocycles. The normalized spacial score (nSPS) is 49.4. The Hall–Kier alpha value is -0.970. The highest BCUT2D eigenvalue weighted by Gasteiger charge is 2.56. The van der Waals surface area contributed by atoms with Crippen LogP contribution in [0.4, 0.5) is 0 Å². The second kappa shape index (κ2) is 12.3. The Morgan fingerprint density at radius 2 is 1.57 bits per heavy atom. The number of ether oxygens (including phenoxy) is 6. The van der Waals surface area contributed by atoms with Crippen LogP contribution < -0.4 is 0 Å². The first-order valence-electron chi connectivity index (χ1n) is 14.5. The molecule has 13 nitrogen and oxygen atoms in total. The molecule has 3 saturated heterocycles. The Kier molecular flexibility index (Phi) is 9.40. The molecule has 0 bridgehead atoms. The van der Waals surface area contributed by atoms with Gasteiger partial charge in [0.05, 0.1) is 30.5 Å². The van der Waals surface area contributed by atoms with Crippen molar-refractivity contribution in [1.29, 1.82) is 0 Å². The molecular formula is C27H44O13. The van der Waals surface area contributed by atoms with Crippen molar-refractivity contribution in [2.24, 2.45) is 5.92 Å². The quantitative estimate of drug-likeness (QED) is 0.235. The standard InChI is InChI=1S/C27H44O13/c1-12-5-3-6-14(21(12)39-25-20(32)19(31)17(29)13(2)35-25)37-26-23-22(18(30)16(11-28)38-26)36-15(24(33)34)7-4-8-27(40-23)9-10-27/h12-23,25-26,28-32H,3-11H2,1-2H3,(H,33,34)/t12-,13?,14-,15-,16?,17-,18+,19?,20+,21?,22?,23?,25+,26-/m1/s1. The van der Waals surface area contributed by atoms with Crippen LogP contribution in [0, 0.1) is 5.92 Å². The number of fused-ring (bicyclic) bond motifs is 1. The molecule has 6 N–H and O–H groups in total. The van der Waals surface area contributed by atoms with Gasteiger partial charge in [0.2, 0.25) is 0 Å². The predicted octanol–water partition coefficient (Wildman–Crippen LogP) is -0.577. The summed E-state index contributed by atoms with van der Waals surface area (Å²) in [6.45, 7) is 3.01. The third kappa shape index (κ3) is 6.20. The average molecular weight is 577 g/mol. The van der Waals surface area contributed by atoms with Crippen LogP contribution >= 0.6 is 0 Å². The van der Waals surface area contributed by atoms with Crippen molar-refractivity contribution in [3.63, 3.8) is 0 Å². The molecule has 0 aromatic heterocycles. The lowest BCUT2D eigenvalue weighted by atomic mass is 9.85. The van der Waals surface area contributed by atoms with E-state index in [1.807, 2.05) is 6.92 Å². The highest BCUT2D eigenvalue weighted by atomic mass is 16.7. The molecule has 5 aliphatic rings. The summed E-state index contributed by atoms with van der Waals surface area (Å²) in [6.07, 6.45) is -8.85. The highest BCUT2D eigenvalue weighted by molar-refractivity contribution is 5.72. The first-order chi connectivity index (χ1) is 19.0. The lowest BCUT2D eigenvalue weighted by Gasteiger charge is -2.48. The molecule has 14 atom stereocenters. The van der Waals surface area contributed by atoms with Gasteiger partial charge in [0.1, 0.15) is 42.7 Å². The number of carboxylic acids is 1. The molecule has 0 radical (unpaired) electrons. The minimum absolute atomic E-state index is 0.0312. The molecule has 2 aliphatic carbocycles. The van der Waals surface area contributed by atoms with Gasteiger partial charge in [-0.1, -0.05) is 13.3 Å². The number of rotatable bonds is 6. The van der Waals surface area contributed by atoms with Gasteiger partial charge in [-0.15, -0.1) is 0 Å². The second-order valence-corrected chi connectivity index (χ2v) is 12.2. The Bertz CT molecular complexity index is 869. The van der Waals surface area contributed by atoms with Gasteiger partial charge in [0.25, 0.3) is 0 Å². The van der Waals surface area contributed by atoms with E-state index >= 15 is 0 Å². The van der Waals surface area contributed by atoms with E-state index in [9.17, 15) is 35.4 Å². The number of hydrogen-bond acceptors (Lipinski definition) is 12. The molecule has 0 amide bonds. The number of hydrogen-bond donors (Lipinski definition) is 6. The first-order valence-corrected chi connectivity index (χ1v) is 14.5. The Balaban J connectivity index is 1.38. The van der Waals surface area contributed by atoms with Gasteiger partial charge in [0, 0.05) is 0 Å². The van der Waals surface area contributed by atoms with Gasteiger partial charge in [-0.2, -0.15) is 0 Å². The van der Waals surface area contributed by atoms with Gasteiger partial charge in [-0.25, -0.2) is 4.79 Å². The van der Waals surface area contributed by atoms with Gasteiger partial charge >= 0.3 is 5.97 Å². The minimum Gasteiger partial charge on any atom is -0.479 e. The van der Waals surface area contributed by atoms with Crippen LogP contribution in [0.1, 0.15) is 65.2 Å². The molecule has 1 spiro atoms. The van der Waals surface area contributed by atoms with Crippen LogP contribution in [0.3, 0.4) is 0 Å². The van der Waals surface area contributed by atoms with Crippen molar-refractivity contribution >= 4 is 5.97 Å². The summed E-state index contributed by atoms with van der Waals surface area (Å²) >= 11 is 0. The van der Waals surface area contributed by atoms with Crippen molar-refractivity contribution in [1.82, 2.24) is 0 Å². The van der Waals surface area contributed by atoms with Crippen molar-refractivity contribution in [3.8, 4) is 0 Å². The summed E-state index contributed by atoms with van der Waals surface area (Å²) in [5.74, 6) is -1.17. The van der Waals surface area contributed by atoms with E-state index in [1.54, 1.807) is 6.92 Å². The van der Waals surface area contributed by atoms with Crippen molar-refractivity contribution in [2.45, 2.75) is 151 Å². The first kappa shape index (κ1) is 30.5. The maximum Gasteiger partial charge on any atom is 0.332 e. The summed E-state index contributed by atoms with van der Waals surface area (Å²) in [6, 6.07) is 0. The fraction of sp³-hybridized carbons (Fsp3) is 0.963. The molecule has 2 saturated carbocycles. The van der Waals surface area contributed by atoms with Crippen LogP contribution in [0.5, 0.6) is 0 Å². The molecule has 5 fully saturated rings. The molecule has 40 heavy (non-hydrogen) atoms. The molecule has 5 rings (SSSR count). The van der Waals surface area contributed by atoms with Gasteiger partial charge in [0.15, 0.2) is 18.7 Å². The number of carbonyl (C=O) groups is 1. The van der Waals surface area contributed by atoms with Crippen LogP contribution in [-0.4, -0.2) is 129 Å². The zero-order valence-electron chi connectivity index (χ0n) is 23.0. The lowest BCUT2D eigenvalue weighted by molar-refractivity contribution is -0.356. The van der Waals surface area contributed by atoms with Gasteiger partial charge < -0.3 is 59.1 Å². The fourth-order valence-corrected chi connectivity index (χ4v) is 6.49. The third-order valence-electron chi connectivity index (χ3n) is 9.17. The summed E-state index contributed by atoms with van der Waals surface area (Å²) in [7, 11) is 0. The molecule has 3 aliphatic heterocycles. The number of aliphatic hydroxyl groups is 5. The average Bonchev–Trinajstić information content (AvgIpc) is 3.67. The van der Waals surface area contributed by atoms with Crippen molar-refractivity contribution in [3.05, 3.63) is 0 Å². The molecule has 13 heteroatoms. The second-order valence-electron chi connectivity index (χ2n) is 12.2. The fourth-order valence-electron chi connectivity index (χ4n) is 6.49. The maximum absolute atomic E-state index is 12.0. The largest absolute Gasteiger partial charge is 0.479 e. The molecule has 3 heterocycles. The lowest BCUT2D eigenvalue weighted by Crippen LogP contribution is -2.64. The Morgan fingerprint density at radius 3 is 2.25 bits per heavy atom. The van der Waals surface area contributed by atoms with Crippen LogP contribution in [0.2, 0.25) is 0 Å². The van der Waals surface area contributed by atoms with Crippen LogP contribution in [0.15, 0.2) is 0 Å². The summed E-state index contributed by atoms with van der Waals surface area (Å²) in [4.78, 5) is 12.0. The van der Waals surface area contributed by atoms with E-state index in [2.05, 4.69) is 0 Å². The molecule has 6 unspecified atom stereocenters. The maximum atomic E-state index is 12.0. The van der Waals surface area contributed by atoms with Gasteiger partial charge in [-0.3, -0.25) is 0 Å². The van der Waals surface area contributed by atoms with E-state index in [1.165, 1.54) is 0 Å². The Labute approximate surface area is 233 Å². The smallest absolute Gasteiger partial charge is 0.332 e. The summed E-state index contributed by atoms with van der Waals surface area (Å²) in [5.41, 5.74) is -0.473. The molecule has 230 valence electrons. The van der Waals surface area contributed by atoms with E-state index in [-0.39, 0.29) is 12.3 Å². The summed E-state index contributed by atoms with van der Waals surface area (Å²) in [5, 5.41) is 61.7. The van der Waals surface area contributed by atoms with Crippen molar-refractivity contribution in [2.75, 3.05) is 6.61 Å². The van der Waals surface area contributed by atoms with E-state index in [0.29, 0.717) is 19.3 Å². The molecule has 0 aromatic rings. The monoisotopic (exact) mass is 576 g/mol. The number of aliphatic hydroxyl groups excluding tert-OH is 5. The van der Waals surface area contributed by atoms with Crippen LogP contribution in [0.25, 0.3) is 0 Å². The van der Waals surface area contributed by atoms with E-state index in [4.69, 9.17) is 28.4 Å². The van der Waals surface area contributed by atoms with E-state index < -0.39 is 97.9 Å². The number of aliphatic carboxylic acids is 1. The zero-order valence-corrected chi connectivity index (χ0v) is 23.0.